The molecule has 0 atom stereocenters. The molecule has 334 valence electrons. The molecule has 4 aliphatic rings. The van der Waals surface area contributed by atoms with E-state index in [-0.39, 0.29) is 0 Å². The Hall–Kier alpha value is -5.50. The van der Waals surface area contributed by atoms with E-state index in [2.05, 4.69) is 164 Å². The lowest BCUT2D eigenvalue weighted by molar-refractivity contribution is 0.134. The van der Waals surface area contributed by atoms with Crippen LogP contribution in [0.3, 0.4) is 0 Å². The number of nitrogens with one attached hydrogen (secondary N) is 2. The summed E-state index contributed by atoms with van der Waals surface area (Å²) in [4.78, 5) is 15.9. The second kappa shape index (κ2) is 19.1. The van der Waals surface area contributed by atoms with Crippen LogP contribution in [-0.4, -0.2) is 119 Å². The molecule has 0 aliphatic carbocycles. The lowest BCUT2D eigenvalue weighted by Gasteiger charge is -2.35. The van der Waals surface area contributed by atoms with Gasteiger partial charge in [0.05, 0.1) is 22.8 Å². The third-order valence-corrected chi connectivity index (χ3v) is 16.7. The van der Waals surface area contributed by atoms with Crippen molar-refractivity contribution in [3.05, 3.63) is 141 Å². The molecule has 0 fully saturated rings. The average Bonchev–Trinajstić information content (AvgIpc) is 4.05. The predicted molar refractivity (Wildman–Crippen MR) is 273 cm³/mol. The maximum absolute atomic E-state index is 7.90. The van der Waals surface area contributed by atoms with Crippen LogP contribution in [0.1, 0.15) is 72.2 Å². The first-order valence-electron chi connectivity index (χ1n) is 23.7. The van der Waals surface area contributed by atoms with Crippen LogP contribution in [0, 0.1) is 0 Å². The lowest BCUT2D eigenvalue weighted by atomic mass is 10.0. The van der Waals surface area contributed by atoms with E-state index in [1.165, 1.54) is 0 Å². The highest BCUT2D eigenvalue weighted by molar-refractivity contribution is 6.65. The number of hydrogen-bond donors (Lipinski definition) is 2. The predicted octanol–water partition coefficient (Wildman–Crippen LogP) is 7.29. The molecule has 6 heterocycles. The molecule has 2 N–H and O–H groups in total. The fourth-order valence-corrected chi connectivity index (χ4v) is 13.7. The third kappa shape index (κ3) is 8.24. The standard InChI is InChI=1S/C54H62N8O2Si/c1-55-27-13-15-29-59(3)31-17-33-63-65(64-34-18-32-60(4)30-16-14-28-56-2)61-51-35-47-39-19-5-6-20-40(39)48(57-47)36-52-45-25-11-12-26-46(45)54(62(52)65)38-50-42-22-8-7-21-41(42)49(58-50)37-53(61)44-24-10-9-23-43(44)51/h5-12,19-26,35-38,55-56H,13-18,27-34H2,1-4H3. The van der Waals surface area contributed by atoms with Crippen molar-refractivity contribution in [3.8, 4) is 0 Å². The molecule has 10 nitrogen and oxygen atoms in total. The minimum Gasteiger partial charge on any atom is -0.361 e. The molecule has 65 heavy (non-hydrogen) atoms. The van der Waals surface area contributed by atoms with Crippen LogP contribution in [0.15, 0.2) is 107 Å². The minimum atomic E-state index is -3.91. The second-order valence-corrected chi connectivity index (χ2v) is 20.5. The Morgan fingerprint density at radius 3 is 1.32 bits per heavy atom. The monoisotopic (exact) mass is 882 g/mol. The number of nitrogens with zero attached hydrogens (tertiary/aromatic N) is 6. The highest BCUT2D eigenvalue weighted by Gasteiger charge is 2.51. The van der Waals surface area contributed by atoms with Crippen molar-refractivity contribution in [3.63, 3.8) is 0 Å². The van der Waals surface area contributed by atoms with Crippen LogP contribution in [-0.2, 0) is 8.85 Å². The first-order chi connectivity index (χ1) is 32.0. The van der Waals surface area contributed by atoms with Crippen LogP contribution in [0.2, 0.25) is 0 Å². The van der Waals surface area contributed by atoms with E-state index in [4.69, 9.17) is 18.8 Å². The van der Waals surface area contributed by atoms with Crippen LogP contribution >= 0.6 is 0 Å². The number of benzene rings is 4. The topological polar surface area (TPSA) is 83.6 Å². The Labute approximate surface area is 384 Å². The summed E-state index contributed by atoms with van der Waals surface area (Å²) in [5.41, 5.74) is 10.3. The summed E-state index contributed by atoms with van der Waals surface area (Å²) in [5, 5.41) is 13.2. The lowest BCUT2D eigenvalue weighted by Crippen LogP contribution is -2.65. The van der Waals surface area contributed by atoms with Crippen molar-refractivity contribution in [2.24, 2.45) is 9.98 Å². The first-order valence-corrected chi connectivity index (χ1v) is 25.4. The SMILES string of the molecule is CNCCCCN(C)CCCO[Si]1(OCCCN(C)CCCCNC)n2c3c4ccccc4c2C=C2N=C(C=c4c5ccccc5c(n41)=CC1=NC(=C3)c3ccccc31)c1ccccc12. The summed E-state index contributed by atoms with van der Waals surface area (Å²) in [5.74, 6) is 0. The van der Waals surface area contributed by atoms with Crippen molar-refractivity contribution < 1.29 is 8.85 Å². The van der Waals surface area contributed by atoms with Gasteiger partial charge in [-0.3, -0.25) is 0 Å². The van der Waals surface area contributed by atoms with Crippen molar-refractivity contribution in [2.45, 2.75) is 38.5 Å². The van der Waals surface area contributed by atoms with E-state index in [0.29, 0.717) is 13.2 Å². The van der Waals surface area contributed by atoms with Gasteiger partial charge in [0, 0.05) is 79.1 Å². The zero-order chi connectivity index (χ0) is 44.3. The maximum Gasteiger partial charge on any atom is 0.598 e. The molecule has 4 aliphatic heterocycles. The molecule has 4 aromatic carbocycles. The average molecular weight is 883 g/mol. The smallest absolute Gasteiger partial charge is 0.361 e. The Balaban J connectivity index is 1.24. The number of fused-ring (bicyclic) bond motifs is 14. The van der Waals surface area contributed by atoms with E-state index < -0.39 is 8.88 Å². The Morgan fingerprint density at radius 1 is 0.477 bits per heavy atom. The molecule has 0 amide bonds. The first kappa shape index (κ1) is 43.4. The van der Waals surface area contributed by atoms with Crippen molar-refractivity contribution in [2.75, 3.05) is 80.7 Å². The van der Waals surface area contributed by atoms with Crippen molar-refractivity contribution >= 4 is 77.6 Å². The third-order valence-electron chi connectivity index (χ3n) is 13.4. The van der Waals surface area contributed by atoms with Crippen LogP contribution in [0.5, 0.6) is 0 Å². The summed E-state index contributed by atoms with van der Waals surface area (Å²) in [6.45, 7) is 7.07. The van der Waals surface area contributed by atoms with Gasteiger partial charge in [-0.2, -0.15) is 0 Å². The van der Waals surface area contributed by atoms with Gasteiger partial charge in [-0.25, -0.2) is 9.98 Å². The van der Waals surface area contributed by atoms with Gasteiger partial charge in [0.25, 0.3) is 0 Å². The van der Waals surface area contributed by atoms with Crippen molar-refractivity contribution in [1.82, 2.24) is 28.9 Å². The molecule has 0 radical (unpaired) electrons. The van der Waals surface area contributed by atoms with E-state index in [9.17, 15) is 0 Å². The summed E-state index contributed by atoms with van der Waals surface area (Å²) in [6, 6.07) is 35.0. The molecule has 0 saturated heterocycles. The molecule has 11 heteroatoms. The fourth-order valence-electron chi connectivity index (χ4n) is 10.2. The molecule has 6 aromatic rings. The quantitative estimate of drug-likeness (QED) is 0.0620. The maximum atomic E-state index is 7.90. The van der Waals surface area contributed by atoms with Gasteiger partial charge in [0.15, 0.2) is 0 Å². The zero-order valence-electron chi connectivity index (χ0n) is 38.4. The zero-order valence-corrected chi connectivity index (χ0v) is 39.4. The van der Waals surface area contributed by atoms with Gasteiger partial charge in [-0.1, -0.05) is 97.1 Å². The normalized spacial score (nSPS) is 15.4. The molecule has 6 bridgehead atoms. The Morgan fingerprint density at radius 2 is 0.877 bits per heavy atom. The van der Waals surface area contributed by atoms with Crippen LogP contribution in [0.4, 0.5) is 0 Å². The molecule has 2 aromatic heterocycles. The highest BCUT2D eigenvalue weighted by Crippen LogP contribution is 2.41. The Bertz CT molecular complexity index is 2800. The molecular weight excluding hydrogens is 821 g/mol. The largest absolute Gasteiger partial charge is 0.598 e. The molecule has 0 saturated carbocycles. The number of aromatic nitrogens is 2. The van der Waals surface area contributed by atoms with Gasteiger partial charge in [0.1, 0.15) is 0 Å². The summed E-state index contributed by atoms with van der Waals surface area (Å²) >= 11 is 0. The van der Waals surface area contributed by atoms with Gasteiger partial charge < -0.3 is 37.8 Å². The molecule has 0 spiro atoms. The second-order valence-electron chi connectivity index (χ2n) is 17.9. The van der Waals surface area contributed by atoms with Gasteiger partial charge in [0.2, 0.25) is 0 Å². The fraction of sp³-hybridized carbons (Fsp3) is 0.333. The summed E-state index contributed by atoms with van der Waals surface area (Å²) in [7, 11) is 4.63. The molecule has 10 rings (SSSR count). The molecular formula is C54H62N8O2Si. The van der Waals surface area contributed by atoms with Gasteiger partial charge in [-0.05, 0) is 130 Å². The van der Waals surface area contributed by atoms with Gasteiger partial charge >= 0.3 is 8.88 Å². The van der Waals surface area contributed by atoms with Crippen LogP contribution in [0.25, 0.3) is 57.2 Å². The number of aliphatic imine (C=N–C) groups is 2. The van der Waals surface area contributed by atoms with E-state index in [1.807, 2.05) is 14.1 Å². The summed E-state index contributed by atoms with van der Waals surface area (Å²) < 4.78 is 20.8. The highest BCUT2D eigenvalue weighted by atomic mass is 28.4. The van der Waals surface area contributed by atoms with Crippen LogP contribution < -0.4 is 21.3 Å². The van der Waals surface area contributed by atoms with Crippen molar-refractivity contribution in [1.29, 1.82) is 0 Å². The van der Waals surface area contributed by atoms with E-state index in [0.717, 1.165) is 166 Å². The summed E-state index contributed by atoms with van der Waals surface area (Å²) in [6.07, 6.45) is 15.6. The number of unbranched alkanes of at least 4 members (excludes halogenated alkanes) is 2. The van der Waals surface area contributed by atoms with Gasteiger partial charge in [-0.15, -0.1) is 0 Å². The number of hydrogen-bond acceptors (Lipinski definition) is 8. The Kier molecular flexibility index (Phi) is 12.8. The van der Waals surface area contributed by atoms with E-state index in [1.54, 1.807) is 0 Å². The number of rotatable bonds is 20. The molecule has 0 unspecified atom stereocenters. The van der Waals surface area contributed by atoms with E-state index >= 15 is 0 Å². The minimum absolute atomic E-state index is 0.523.